The molecule has 7 heteroatoms. The molecule has 1 rings (SSSR count). The molecule has 0 spiro atoms. The molecule has 0 fully saturated rings. The maximum Gasteiger partial charge on any atom is 0.311 e. The summed E-state index contributed by atoms with van der Waals surface area (Å²) in [6.45, 7) is 1.01. The van der Waals surface area contributed by atoms with E-state index >= 15 is 0 Å². The van der Waals surface area contributed by atoms with Crippen LogP contribution >= 0.6 is 0 Å². The fourth-order valence-corrected chi connectivity index (χ4v) is 1.06. The summed E-state index contributed by atoms with van der Waals surface area (Å²) in [4.78, 5) is 13.6. The molecule has 0 unspecified atom stereocenters. The SMILES string of the molecule is COCCCOc1ccc([N+](=O)[O-])c(N)n1. The largest absolute Gasteiger partial charge is 0.478 e. The highest BCUT2D eigenvalue weighted by molar-refractivity contribution is 5.53. The molecule has 7 nitrogen and oxygen atoms in total. The van der Waals surface area contributed by atoms with Crippen LogP contribution in [0.25, 0.3) is 0 Å². The number of anilines is 1. The Kier molecular flexibility index (Phi) is 4.46. The number of nitro groups is 1. The fourth-order valence-electron chi connectivity index (χ4n) is 1.06. The van der Waals surface area contributed by atoms with Crippen molar-refractivity contribution in [1.29, 1.82) is 0 Å². The van der Waals surface area contributed by atoms with Gasteiger partial charge in [-0.3, -0.25) is 10.1 Å². The van der Waals surface area contributed by atoms with Crippen LogP contribution in [0.3, 0.4) is 0 Å². The predicted molar refractivity (Wildman–Crippen MR) is 57.3 cm³/mol. The lowest BCUT2D eigenvalue weighted by molar-refractivity contribution is -0.384. The molecule has 0 aliphatic carbocycles. The zero-order valence-corrected chi connectivity index (χ0v) is 8.88. The number of nitrogen functional groups attached to an aromatic ring is 1. The van der Waals surface area contributed by atoms with Crippen LogP contribution in [0, 0.1) is 10.1 Å². The van der Waals surface area contributed by atoms with Crippen LogP contribution in [-0.2, 0) is 4.74 Å². The molecule has 0 bridgehead atoms. The fraction of sp³-hybridized carbons (Fsp3) is 0.444. The number of hydrogen-bond donors (Lipinski definition) is 1. The Balaban J connectivity index is 2.56. The molecule has 0 aliphatic rings. The number of hydrogen-bond acceptors (Lipinski definition) is 6. The van der Waals surface area contributed by atoms with Gasteiger partial charge in [-0.15, -0.1) is 0 Å². The molecular formula is C9H13N3O4. The van der Waals surface area contributed by atoms with Crippen molar-refractivity contribution in [2.75, 3.05) is 26.1 Å². The molecule has 2 N–H and O–H groups in total. The third kappa shape index (κ3) is 3.35. The zero-order chi connectivity index (χ0) is 12.0. The summed E-state index contributed by atoms with van der Waals surface area (Å²) in [5, 5.41) is 10.5. The van der Waals surface area contributed by atoms with Crippen molar-refractivity contribution in [3.05, 3.63) is 22.2 Å². The number of rotatable bonds is 6. The van der Waals surface area contributed by atoms with Crippen molar-refractivity contribution in [3.8, 4) is 5.88 Å². The van der Waals surface area contributed by atoms with Gasteiger partial charge in [-0.1, -0.05) is 0 Å². The average molecular weight is 227 g/mol. The van der Waals surface area contributed by atoms with Crippen molar-refractivity contribution < 1.29 is 14.4 Å². The summed E-state index contributed by atoms with van der Waals surface area (Å²) in [5.74, 6) is 0.133. The van der Waals surface area contributed by atoms with E-state index in [1.165, 1.54) is 12.1 Å². The minimum atomic E-state index is -0.586. The van der Waals surface area contributed by atoms with Gasteiger partial charge < -0.3 is 15.2 Å². The first-order valence-electron chi connectivity index (χ1n) is 4.68. The van der Waals surface area contributed by atoms with E-state index in [9.17, 15) is 10.1 Å². The molecule has 16 heavy (non-hydrogen) atoms. The van der Waals surface area contributed by atoms with Gasteiger partial charge in [-0.25, -0.2) is 0 Å². The minimum absolute atomic E-state index is 0.144. The Hall–Kier alpha value is -1.89. The molecule has 0 atom stereocenters. The van der Waals surface area contributed by atoms with E-state index in [1.54, 1.807) is 7.11 Å². The van der Waals surface area contributed by atoms with Crippen LogP contribution in [0.5, 0.6) is 5.88 Å². The standard InChI is InChI=1S/C9H13N3O4/c1-15-5-2-6-16-8-4-3-7(12(13)14)9(10)11-8/h3-4H,2,5-6H2,1H3,(H2,10,11). The molecule has 1 aromatic rings. The molecule has 0 saturated carbocycles. The zero-order valence-electron chi connectivity index (χ0n) is 8.88. The normalized spacial score (nSPS) is 10.1. The second-order valence-corrected chi connectivity index (χ2v) is 3.01. The smallest absolute Gasteiger partial charge is 0.311 e. The van der Waals surface area contributed by atoms with Gasteiger partial charge in [0.25, 0.3) is 0 Å². The summed E-state index contributed by atoms with van der Waals surface area (Å²) in [7, 11) is 1.60. The lowest BCUT2D eigenvalue weighted by Crippen LogP contribution is -2.04. The third-order valence-corrected chi connectivity index (χ3v) is 1.82. The van der Waals surface area contributed by atoms with E-state index in [0.717, 1.165) is 6.42 Å². The molecule has 1 aromatic heterocycles. The first-order valence-corrected chi connectivity index (χ1v) is 4.68. The average Bonchev–Trinajstić information content (AvgIpc) is 2.24. The number of nitrogens with zero attached hydrogens (tertiary/aromatic N) is 2. The first kappa shape index (κ1) is 12.2. The number of ether oxygens (including phenoxy) is 2. The van der Waals surface area contributed by atoms with Crippen molar-refractivity contribution in [3.63, 3.8) is 0 Å². The second-order valence-electron chi connectivity index (χ2n) is 3.01. The summed E-state index contributed by atoms with van der Waals surface area (Å²) < 4.78 is 10.1. The Morgan fingerprint density at radius 2 is 2.25 bits per heavy atom. The second kappa shape index (κ2) is 5.86. The number of methoxy groups -OCH3 is 1. The van der Waals surface area contributed by atoms with E-state index in [1.807, 2.05) is 0 Å². The van der Waals surface area contributed by atoms with Crippen molar-refractivity contribution in [2.45, 2.75) is 6.42 Å². The van der Waals surface area contributed by atoms with E-state index in [0.29, 0.717) is 13.2 Å². The molecule has 88 valence electrons. The Morgan fingerprint density at radius 3 is 2.81 bits per heavy atom. The summed E-state index contributed by atoms with van der Waals surface area (Å²) in [6.07, 6.45) is 0.717. The molecule has 0 aromatic carbocycles. The van der Waals surface area contributed by atoms with Gasteiger partial charge in [-0.05, 0) is 0 Å². The van der Waals surface area contributed by atoms with Gasteiger partial charge in [0, 0.05) is 32.3 Å². The molecule has 0 radical (unpaired) electrons. The van der Waals surface area contributed by atoms with Gasteiger partial charge in [0.2, 0.25) is 11.7 Å². The lowest BCUT2D eigenvalue weighted by atomic mass is 10.4. The highest BCUT2D eigenvalue weighted by Crippen LogP contribution is 2.21. The Morgan fingerprint density at radius 1 is 1.50 bits per heavy atom. The van der Waals surface area contributed by atoms with E-state index in [-0.39, 0.29) is 17.4 Å². The Bertz CT molecular complexity index is 370. The van der Waals surface area contributed by atoms with E-state index < -0.39 is 4.92 Å². The molecule has 0 amide bonds. The van der Waals surface area contributed by atoms with E-state index in [2.05, 4.69) is 4.98 Å². The van der Waals surface area contributed by atoms with Gasteiger partial charge in [-0.2, -0.15) is 4.98 Å². The van der Waals surface area contributed by atoms with E-state index in [4.69, 9.17) is 15.2 Å². The maximum absolute atomic E-state index is 10.5. The summed E-state index contributed by atoms with van der Waals surface area (Å²) >= 11 is 0. The Labute approximate surface area is 92.3 Å². The summed E-state index contributed by atoms with van der Waals surface area (Å²) in [5.41, 5.74) is 5.18. The van der Waals surface area contributed by atoms with Crippen LogP contribution in [-0.4, -0.2) is 30.2 Å². The van der Waals surface area contributed by atoms with Crippen LogP contribution in [0.15, 0.2) is 12.1 Å². The van der Waals surface area contributed by atoms with Crippen molar-refractivity contribution in [2.24, 2.45) is 0 Å². The minimum Gasteiger partial charge on any atom is -0.478 e. The van der Waals surface area contributed by atoms with Crippen molar-refractivity contribution in [1.82, 2.24) is 4.98 Å². The van der Waals surface area contributed by atoms with Gasteiger partial charge in [0.05, 0.1) is 11.5 Å². The number of aromatic nitrogens is 1. The molecule has 0 saturated heterocycles. The van der Waals surface area contributed by atoms with Gasteiger partial charge in [0.1, 0.15) is 0 Å². The molecule has 0 aliphatic heterocycles. The highest BCUT2D eigenvalue weighted by Gasteiger charge is 2.12. The molecule has 1 heterocycles. The molecular weight excluding hydrogens is 214 g/mol. The summed E-state index contributed by atoms with van der Waals surface area (Å²) in [6, 6.07) is 2.69. The van der Waals surface area contributed by atoms with Crippen molar-refractivity contribution >= 4 is 11.5 Å². The monoisotopic (exact) mass is 227 g/mol. The van der Waals surface area contributed by atoms with Crippen LogP contribution in [0.2, 0.25) is 0 Å². The predicted octanol–water partition coefficient (Wildman–Crippen LogP) is 0.987. The maximum atomic E-state index is 10.5. The van der Waals surface area contributed by atoms with Crippen LogP contribution < -0.4 is 10.5 Å². The lowest BCUT2D eigenvalue weighted by Gasteiger charge is -2.05. The quantitative estimate of drug-likeness (QED) is 0.441. The third-order valence-electron chi connectivity index (χ3n) is 1.82. The first-order chi connectivity index (χ1) is 7.65. The van der Waals surface area contributed by atoms with Gasteiger partial charge in [0.15, 0.2) is 0 Å². The van der Waals surface area contributed by atoms with Gasteiger partial charge >= 0.3 is 5.69 Å². The number of pyridine rings is 1. The van der Waals surface area contributed by atoms with Crippen LogP contribution in [0.1, 0.15) is 6.42 Å². The number of nitrogens with two attached hydrogens (primary N) is 1. The topological polar surface area (TPSA) is 101 Å². The van der Waals surface area contributed by atoms with Crippen LogP contribution in [0.4, 0.5) is 11.5 Å². The highest BCUT2D eigenvalue weighted by atomic mass is 16.6.